The standard InChI is InChI=1S/C19H34N2O2/c1-2-3-4-5-6-7-8-9-10-11-12-13-14-20-15-16-21(18-20)17-19(22)23/h15-16,18H,2-14,17H2,1H3/p+1. The van der Waals surface area contributed by atoms with Crippen LogP contribution in [0.1, 0.15) is 84.0 Å². The number of hydrogen-bond acceptors (Lipinski definition) is 1. The number of aromatic nitrogens is 2. The zero-order chi connectivity index (χ0) is 16.8. The Morgan fingerprint density at radius 1 is 0.913 bits per heavy atom. The molecule has 0 aromatic carbocycles. The Hall–Kier alpha value is -1.32. The van der Waals surface area contributed by atoms with Crippen LogP contribution in [0.5, 0.6) is 0 Å². The monoisotopic (exact) mass is 323 g/mol. The maximum absolute atomic E-state index is 10.6. The number of nitrogens with zero attached hydrogens (tertiary/aromatic N) is 2. The first-order valence-corrected chi connectivity index (χ1v) is 9.49. The van der Waals surface area contributed by atoms with E-state index in [0.717, 1.165) is 6.54 Å². The van der Waals surface area contributed by atoms with Gasteiger partial charge in [0.1, 0.15) is 12.4 Å². The van der Waals surface area contributed by atoms with E-state index < -0.39 is 5.97 Å². The number of aryl methyl sites for hydroxylation is 1. The summed E-state index contributed by atoms with van der Waals surface area (Å²) in [4.78, 5) is 10.6. The van der Waals surface area contributed by atoms with Gasteiger partial charge in [0.25, 0.3) is 0 Å². The second-order valence-corrected chi connectivity index (χ2v) is 6.61. The van der Waals surface area contributed by atoms with Crippen LogP contribution in [0, 0.1) is 0 Å². The molecule has 0 aliphatic rings. The molecule has 0 aliphatic heterocycles. The highest BCUT2D eigenvalue weighted by Gasteiger charge is 2.06. The van der Waals surface area contributed by atoms with Crippen LogP contribution in [0.15, 0.2) is 18.7 Å². The SMILES string of the molecule is CCCCCCCCCCCCCCn1cc[n+](CC(=O)O)c1. The average molecular weight is 324 g/mol. The Bertz CT molecular complexity index is 415. The largest absolute Gasteiger partial charge is 0.478 e. The van der Waals surface area contributed by atoms with E-state index in [0.29, 0.717) is 0 Å². The van der Waals surface area contributed by atoms with Gasteiger partial charge in [-0.05, 0) is 12.8 Å². The number of carboxylic acid groups (broad SMARTS) is 1. The van der Waals surface area contributed by atoms with Crippen LogP contribution in [-0.4, -0.2) is 15.6 Å². The van der Waals surface area contributed by atoms with Crippen LogP contribution in [0.4, 0.5) is 0 Å². The highest BCUT2D eigenvalue weighted by Crippen LogP contribution is 2.12. The van der Waals surface area contributed by atoms with Crippen LogP contribution in [0.3, 0.4) is 0 Å². The van der Waals surface area contributed by atoms with E-state index in [-0.39, 0.29) is 6.54 Å². The molecule has 0 saturated carbocycles. The number of aliphatic carboxylic acids is 1. The Morgan fingerprint density at radius 3 is 1.96 bits per heavy atom. The summed E-state index contributed by atoms with van der Waals surface area (Å²) >= 11 is 0. The van der Waals surface area contributed by atoms with Gasteiger partial charge >= 0.3 is 5.97 Å². The summed E-state index contributed by atoms with van der Waals surface area (Å²) in [5.74, 6) is -0.793. The van der Waals surface area contributed by atoms with Crippen molar-refractivity contribution in [1.29, 1.82) is 0 Å². The Labute approximate surface area is 141 Å². The molecule has 1 rings (SSSR count). The van der Waals surface area contributed by atoms with Gasteiger partial charge in [-0.15, -0.1) is 0 Å². The number of hydrogen-bond donors (Lipinski definition) is 1. The van der Waals surface area contributed by atoms with Crippen molar-refractivity contribution >= 4 is 5.97 Å². The zero-order valence-corrected chi connectivity index (χ0v) is 14.9. The quantitative estimate of drug-likeness (QED) is 0.380. The van der Waals surface area contributed by atoms with Crippen molar-refractivity contribution in [2.75, 3.05) is 0 Å². The van der Waals surface area contributed by atoms with Crippen LogP contribution >= 0.6 is 0 Å². The summed E-state index contributed by atoms with van der Waals surface area (Å²) in [5.41, 5.74) is 0. The molecule has 1 N–H and O–H groups in total. The molecule has 0 radical (unpaired) electrons. The molecule has 0 amide bonds. The third-order valence-electron chi connectivity index (χ3n) is 4.33. The fraction of sp³-hybridized carbons (Fsp3) is 0.789. The first-order valence-electron chi connectivity index (χ1n) is 9.49. The number of rotatable bonds is 15. The van der Waals surface area contributed by atoms with E-state index >= 15 is 0 Å². The normalized spacial score (nSPS) is 11.0. The van der Waals surface area contributed by atoms with Gasteiger partial charge in [-0.2, -0.15) is 0 Å². The fourth-order valence-corrected chi connectivity index (χ4v) is 2.96. The average Bonchev–Trinajstić information content (AvgIpc) is 2.95. The minimum atomic E-state index is -0.793. The van der Waals surface area contributed by atoms with Crippen LogP contribution in [0.2, 0.25) is 0 Å². The number of carboxylic acids is 1. The summed E-state index contributed by atoms with van der Waals surface area (Å²) in [5, 5.41) is 8.73. The molecule has 4 heteroatoms. The second kappa shape index (κ2) is 13.1. The highest BCUT2D eigenvalue weighted by atomic mass is 16.4. The van der Waals surface area contributed by atoms with Crippen molar-refractivity contribution in [2.24, 2.45) is 0 Å². The molecule has 0 atom stereocenters. The molecule has 0 fully saturated rings. The molecule has 0 bridgehead atoms. The second-order valence-electron chi connectivity index (χ2n) is 6.61. The Kier molecular flexibility index (Phi) is 11.3. The van der Waals surface area contributed by atoms with E-state index in [4.69, 9.17) is 5.11 Å². The summed E-state index contributed by atoms with van der Waals surface area (Å²) in [6.07, 6.45) is 22.0. The Morgan fingerprint density at radius 2 is 1.43 bits per heavy atom. The molecule has 23 heavy (non-hydrogen) atoms. The van der Waals surface area contributed by atoms with E-state index in [2.05, 4.69) is 11.5 Å². The fourth-order valence-electron chi connectivity index (χ4n) is 2.96. The molecular weight excluding hydrogens is 288 g/mol. The Balaban J connectivity index is 1.88. The third-order valence-corrected chi connectivity index (χ3v) is 4.33. The van der Waals surface area contributed by atoms with E-state index in [1.54, 1.807) is 4.57 Å². The van der Waals surface area contributed by atoms with Crippen LogP contribution < -0.4 is 4.57 Å². The minimum absolute atomic E-state index is 0.0471. The van der Waals surface area contributed by atoms with Gasteiger partial charge in [0.05, 0.1) is 6.54 Å². The highest BCUT2D eigenvalue weighted by molar-refractivity contribution is 5.64. The molecular formula is C19H35N2O2+. The molecule has 4 nitrogen and oxygen atoms in total. The van der Waals surface area contributed by atoms with Crippen LogP contribution in [-0.2, 0) is 17.9 Å². The smallest absolute Gasteiger partial charge is 0.346 e. The topological polar surface area (TPSA) is 46.1 Å². The van der Waals surface area contributed by atoms with Gasteiger partial charge in [0.15, 0.2) is 6.54 Å². The maximum Gasteiger partial charge on any atom is 0.346 e. The minimum Gasteiger partial charge on any atom is -0.478 e. The van der Waals surface area contributed by atoms with Crippen molar-refractivity contribution in [3.05, 3.63) is 18.7 Å². The van der Waals surface area contributed by atoms with Crippen molar-refractivity contribution < 1.29 is 14.5 Å². The third kappa shape index (κ3) is 10.9. The van der Waals surface area contributed by atoms with E-state index in [1.807, 2.05) is 18.7 Å². The van der Waals surface area contributed by atoms with E-state index in [9.17, 15) is 4.79 Å². The summed E-state index contributed by atoms with van der Waals surface area (Å²) in [6.45, 7) is 3.31. The molecule has 0 aliphatic carbocycles. The molecule has 0 saturated heterocycles. The van der Waals surface area contributed by atoms with Gasteiger partial charge in [0, 0.05) is 0 Å². The lowest BCUT2D eigenvalue weighted by atomic mass is 10.1. The lowest BCUT2D eigenvalue weighted by Gasteiger charge is -2.02. The zero-order valence-electron chi connectivity index (χ0n) is 14.9. The molecule has 0 unspecified atom stereocenters. The van der Waals surface area contributed by atoms with Gasteiger partial charge in [0.2, 0.25) is 6.33 Å². The molecule has 1 heterocycles. The van der Waals surface area contributed by atoms with Gasteiger partial charge < -0.3 is 5.11 Å². The lowest BCUT2D eigenvalue weighted by molar-refractivity contribution is -0.685. The molecule has 1 aromatic rings. The van der Waals surface area contributed by atoms with Gasteiger partial charge in [-0.1, -0.05) is 71.1 Å². The van der Waals surface area contributed by atoms with Gasteiger partial charge in [-0.3, -0.25) is 0 Å². The summed E-state index contributed by atoms with van der Waals surface area (Å²) in [7, 11) is 0. The molecule has 132 valence electrons. The molecule has 1 aromatic heterocycles. The number of unbranched alkanes of at least 4 members (excludes halogenated alkanes) is 11. The first-order chi connectivity index (χ1) is 11.2. The summed E-state index contributed by atoms with van der Waals surface area (Å²) < 4.78 is 3.79. The number of carbonyl (C=O) groups is 1. The van der Waals surface area contributed by atoms with Gasteiger partial charge in [-0.25, -0.2) is 13.9 Å². The van der Waals surface area contributed by atoms with Crippen molar-refractivity contribution in [3.63, 3.8) is 0 Å². The van der Waals surface area contributed by atoms with Crippen molar-refractivity contribution in [3.8, 4) is 0 Å². The van der Waals surface area contributed by atoms with Crippen LogP contribution in [0.25, 0.3) is 0 Å². The predicted octanol–water partition coefficient (Wildman–Crippen LogP) is 4.56. The van der Waals surface area contributed by atoms with E-state index in [1.165, 1.54) is 77.0 Å². The lowest BCUT2D eigenvalue weighted by Crippen LogP contribution is -2.35. The number of imidazole rings is 1. The summed E-state index contributed by atoms with van der Waals surface area (Å²) in [6, 6.07) is 0. The molecule has 0 spiro atoms. The predicted molar refractivity (Wildman–Crippen MR) is 93.3 cm³/mol. The first kappa shape index (κ1) is 19.7. The van der Waals surface area contributed by atoms with Crippen molar-refractivity contribution in [2.45, 2.75) is 97.1 Å². The van der Waals surface area contributed by atoms with Crippen molar-refractivity contribution in [1.82, 2.24) is 4.57 Å². The maximum atomic E-state index is 10.6.